The third-order valence-electron chi connectivity index (χ3n) is 1.79. The van der Waals surface area contributed by atoms with E-state index >= 15 is 0 Å². The van der Waals surface area contributed by atoms with Crippen LogP contribution in [-0.2, 0) is 4.79 Å². The van der Waals surface area contributed by atoms with Crippen molar-refractivity contribution in [1.82, 2.24) is 0 Å². The number of carbonyl (C=O) groups is 1. The Morgan fingerprint density at radius 2 is 1.87 bits per heavy atom. The van der Waals surface area contributed by atoms with Gasteiger partial charge in [0, 0.05) is 0 Å². The summed E-state index contributed by atoms with van der Waals surface area (Å²) in [5, 5.41) is -0.780. The van der Waals surface area contributed by atoms with E-state index in [-0.39, 0.29) is 6.10 Å². The summed E-state index contributed by atoms with van der Waals surface area (Å²) in [5.41, 5.74) is 5.77. The van der Waals surface area contributed by atoms with E-state index in [9.17, 15) is 4.79 Å². The predicted octanol–water partition coefficient (Wildman–Crippen LogP) is 2.24. The molecule has 0 fully saturated rings. The lowest BCUT2D eigenvalue weighted by molar-refractivity contribution is -0.117. The summed E-state index contributed by atoms with van der Waals surface area (Å²) in [7, 11) is 0. The summed E-state index contributed by atoms with van der Waals surface area (Å²) in [5.74, 6) is 0.205. The summed E-state index contributed by atoms with van der Waals surface area (Å²) in [6.45, 7) is 3.89. The molecule has 0 saturated carbocycles. The van der Waals surface area contributed by atoms with Crippen LogP contribution in [0.25, 0.3) is 0 Å². The van der Waals surface area contributed by atoms with Gasteiger partial charge in [0.15, 0.2) is 0 Å². The maximum atomic E-state index is 10.8. The van der Waals surface area contributed by atoms with Crippen molar-refractivity contribution in [1.29, 1.82) is 0 Å². The molecule has 2 N–H and O–H groups in total. The largest absolute Gasteiger partial charge is 0.491 e. The fraction of sp³-hybridized carbons (Fsp3) is 0.364. The molecule has 0 radical (unpaired) electrons. The van der Waals surface area contributed by atoms with Crippen molar-refractivity contribution in [2.75, 3.05) is 0 Å². The smallest absolute Gasteiger partial charge is 0.240 e. The fourth-order valence-corrected chi connectivity index (χ4v) is 1.30. The van der Waals surface area contributed by atoms with Gasteiger partial charge in [-0.2, -0.15) is 0 Å². The van der Waals surface area contributed by atoms with Crippen LogP contribution in [0.2, 0.25) is 0 Å². The van der Waals surface area contributed by atoms with Crippen LogP contribution in [-0.4, -0.2) is 12.0 Å². The summed E-state index contributed by atoms with van der Waals surface area (Å²) < 4.78 is 5.45. The molecule has 15 heavy (non-hydrogen) atoms. The molecule has 0 saturated heterocycles. The van der Waals surface area contributed by atoms with Crippen molar-refractivity contribution < 1.29 is 9.53 Å². The summed E-state index contributed by atoms with van der Waals surface area (Å²) in [6.07, 6.45) is 0.124. The van der Waals surface area contributed by atoms with Crippen LogP contribution in [0.4, 0.5) is 0 Å². The Balaban J connectivity index is 2.76. The van der Waals surface area contributed by atoms with Crippen molar-refractivity contribution >= 4 is 17.5 Å². The second-order valence-corrected chi connectivity index (χ2v) is 3.94. The molecule has 3 nitrogen and oxygen atoms in total. The molecule has 0 bridgehead atoms. The Bertz CT molecular complexity index is 335. The molecule has 0 aliphatic carbocycles. The Kier molecular flexibility index (Phi) is 3.97. The minimum Gasteiger partial charge on any atom is -0.491 e. The van der Waals surface area contributed by atoms with Crippen LogP contribution in [0.1, 0.15) is 24.8 Å². The number of hydrogen-bond acceptors (Lipinski definition) is 2. The minimum atomic E-state index is -0.780. The van der Waals surface area contributed by atoms with Gasteiger partial charge in [0.2, 0.25) is 5.91 Å². The first-order valence-electron chi connectivity index (χ1n) is 4.70. The zero-order chi connectivity index (χ0) is 11.4. The van der Waals surface area contributed by atoms with E-state index in [1.165, 1.54) is 0 Å². The van der Waals surface area contributed by atoms with Gasteiger partial charge >= 0.3 is 0 Å². The fourth-order valence-electron chi connectivity index (χ4n) is 1.15. The number of rotatable bonds is 4. The van der Waals surface area contributed by atoms with Gasteiger partial charge < -0.3 is 10.5 Å². The number of benzene rings is 1. The van der Waals surface area contributed by atoms with Crippen molar-refractivity contribution in [3.63, 3.8) is 0 Å². The SMILES string of the molecule is CC(C)Oc1ccc(C(Cl)C(N)=O)cc1. The Hall–Kier alpha value is -1.22. The molecule has 1 rings (SSSR count). The zero-order valence-electron chi connectivity index (χ0n) is 8.74. The molecule has 82 valence electrons. The first-order chi connectivity index (χ1) is 7.00. The van der Waals surface area contributed by atoms with Gasteiger partial charge in [0.05, 0.1) is 6.10 Å². The van der Waals surface area contributed by atoms with Crippen molar-refractivity contribution in [3.05, 3.63) is 29.8 Å². The molecule has 1 aromatic carbocycles. The van der Waals surface area contributed by atoms with E-state index in [0.717, 1.165) is 5.75 Å². The van der Waals surface area contributed by atoms with Gasteiger partial charge in [-0.25, -0.2) is 0 Å². The highest BCUT2D eigenvalue weighted by molar-refractivity contribution is 6.30. The van der Waals surface area contributed by atoms with Crippen LogP contribution >= 0.6 is 11.6 Å². The zero-order valence-corrected chi connectivity index (χ0v) is 9.49. The molecule has 1 aromatic rings. The first kappa shape index (κ1) is 11.9. The van der Waals surface area contributed by atoms with Gasteiger partial charge in [-0.1, -0.05) is 12.1 Å². The molecule has 0 aromatic heterocycles. The Morgan fingerprint density at radius 1 is 1.33 bits per heavy atom. The molecule has 4 heteroatoms. The number of amides is 1. The van der Waals surface area contributed by atoms with Gasteiger partial charge in [0.1, 0.15) is 11.1 Å². The van der Waals surface area contributed by atoms with E-state index in [0.29, 0.717) is 5.56 Å². The number of halogens is 1. The highest BCUT2D eigenvalue weighted by Crippen LogP contribution is 2.22. The number of hydrogen-bond donors (Lipinski definition) is 1. The van der Waals surface area contributed by atoms with E-state index in [1.807, 2.05) is 13.8 Å². The molecule has 0 aliphatic rings. The second kappa shape index (κ2) is 5.03. The third kappa shape index (κ3) is 3.44. The quantitative estimate of drug-likeness (QED) is 0.802. The number of carbonyl (C=O) groups excluding carboxylic acids is 1. The maximum Gasteiger partial charge on any atom is 0.240 e. The second-order valence-electron chi connectivity index (χ2n) is 3.50. The van der Waals surface area contributed by atoms with E-state index in [4.69, 9.17) is 22.1 Å². The molecule has 1 unspecified atom stereocenters. The highest BCUT2D eigenvalue weighted by Gasteiger charge is 2.13. The van der Waals surface area contributed by atoms with E-state index in [2.05, 4.69) is 0 Å². The molecule has 0 spiro atoms. The summed E-state index contributed by atoms with van der Waals surface area (Å²) in [4.78, 5) is 10.8. The monoisotopic (exact) mass is 227 g/mol. The van der Waals surface area contributed by atoms with Gasteiger partial charge in [-0.3, -0.25) is 4.79 Å². The summed E-state index contributed by atoms with van der Waals surface area (Å²) >= 11 is 5.78. The average Bonchev–Trinajstić information content (AvgIpc) is 2.17. The first-order valence-corrected chi connectivity index (χ1v) is 5.14. The molecule has 1 amide bonds. The lowest BCUT2D eigenvalue weighted by Gasteiger charge is -2.11. The Morgan fingerprint density at radius 3 is 2.27 bits per heavy atom. The van der Waals surface area contributed by atoms with Crippen LogP contribution in [0.5, 0.6) is 5.75 Å². The molecule has 1 atom stereocenters. The van der Waals surface area contributed by atoms with Gasteiger partial charge in [-0.05, 0) is 31.5 Å². The molecular weight excluding hydrogens is 214 g/mol. The van der Waals surface area contributed by atoms with Crippen LogP contribution in [0, 0.1) is 0 Å². The highest BCUT2D eigenvalue weighted by atomic mass is 35.5. The third-order valence-corrected chi connectivity index (χ3v) is 2.26. The number of alkyl halides is 1. The topological polar surface area (TPSA) is 52.3 Å². The molecule has 0 heterocycles. The molecule has 0 aliphatic heterocycles. The maximum absolute atomic E-state index is 10.8. The summed E-state index contributed by atoms with van der Waals surface area (Å²) in [6, 6.07) is 7.02. The van der Waals surface area contributed by atoms with Crippen LogP contribution in [0.3, 0.4) is 0 Å². The van der Waals surface area contributed by atoms with Crippen molar-refractivity contribution in [3.8, 4) is 5.75 Å². The van der Waals surface area contributed by atoms with Crippen molar-refractivity contribution in [2.45, 2.75) is 25.3 Å². The lowest BCUT2D eigenvalue weighted by Crippen LogP contribution is -2.16. The minimum absolute atomic E-state index is 0.124. The van der Waals surface area contributed by atoms with Crippen molar-refractivity contribution in [2.24, 2.45) is 5.73 Å². The van der Waals surface area contributed by atoms with Gasteiger partial charge in [0.25, 0.3) is 0 Å². The predicted molar refractivity (Wildman–Crippen MR) is 60.0 cm³/mol. The average molecular weight is 228 g/mol. The number of ether oxygens (including phenoxy) is 1. The lowest BCUT2D eigenvalue weighted by atomic mass is 10.1. The van der Waals surface area contributed by atoms with E-state index < -0.39 is 11.3 Å². The Labute approximate surface area is 94.2 Å². The number of nitrogens with two attached hydrogens (primary N) is 1. The molecular formula is C11H14ClNO2. The van der Waals surface area contributed by atoms with Crippen LogP contribution in [0.15, 0.2) is 24.3 Å². The normalized spacial score (nSPS) is 12.5. The number of primary amides is 1. The van der Waals surface area contributed by atoms with Crippen LogP contribution < -0.4 is 10.5 Å². The van der Waals surface area contributed by atoms with Gasteiger partial charge in [-0.15, -0.1) is 11.6 Å². The van der Waals surface area contributed by atoms with E-state index in [1.54, 1.807) is 24.3 Å². The standard InChI is InChI=1S/C11H14ClNO2/c1-7(2)15-9-5-3-8(4-6-9)10(12)11(13)14/h3-7,10H,1-2H3,(H2,13,14).